The first kappa shape index (κ1) is 26.9. The quantitative estimate of drug-likeness (QED) is 0.322. The van der Waals surface area contributed by atoms with Crippen LogP contribution in [0.1, 0.15) is 55.4 Å². The molecule has 11 heteroatoms. The monoisotopic (exact) mass is 535 g/mol. The summed E-state index contributed by atoms with van der Waals surface area (Å²) >= 11 is 5.91. The summed E-state index contributed by atoms with van der Waals surface area (Å²) in [4.78, 5) is 18.9. The molecular formula is C26H29ClF3N5O2. The first-order valence-electron chi connectivity index (χ1n) is 12.0. The van der Waals surface area contributed by atoms with E-state index in [4.69, 9.17) is 11.6 Å². The summed E-state index contributed by atoms with van der Waals surface area (Å²) in [5.74, 6) is -2.25. The fraction of sp³-hybridized carbons (Fsp3) is 0.423. The maximum atomic E-state index is 15.0. The van der Waals surface area contributed by atoms with Crippen LogP contribution in [0, 0.1) is 24.0 Å². The summed E-state index contributed by atoms with van der Waals surface area (Å²) in [5.41, 5.74) is 0.0291. The SMILES string of the molecule is Cc1cc(Nc2nc(C[C@@]3(C(=O)O)CCN(Cc4cccc(Cl)c4F)[C@H](C)C3)cc(C(C)F)c2F)n[nH]1. The van der Waals surface area contributed by atoms with Gasteiger partial charge in [-0.1, -0.05) is 23.7 Å². The minimum absolute atomic E-state index is 0.0136. The van der Waals surface area contributed by atoms with E-state index in [-0.39, 0.29) is 47.4 Å². The Kier molecular flexibility index (Phi) is 7.80. The number of halogens is 4. The van der Waals surface area contributed by atoms with E-state index in [1.807, 2.05) is 11.8 Å². The van der Waals surface area contributed by atoms with Gasteiger partial charge in [0.1, 0.15) is 12.0 Å². The van der Waals surface area contributed by atoms with Gasteiger partial charge in [0.25, 0.3) is 0 Å². The molecule has 0 aliphatic carbocycles. The number of aliphatic carboxylic acids is 1. The van der Waals surface area contributed by atoms with Crippen molar-refractivity contribution in [1.29, 1.82) is 0 Å². The van der Waals surface area contributed by atoms with Crippen molar-refractivity contribution >= 4 is 29.2 Å². The van der Waals surface area contributed by atoms with Crippen molar-refractivity contribution in [3.05, 3.63) is 69.5 Å². The second-order valence-corrected chi connectivity index (χ2v) is 10.2. The lowest BCUT2D eigenvalue weighted by Gasteiger charge is -2.43. The Balaban J connectivity index is 1.59. The average Bonchev–Trinajstić information content (AvgIpc) is 3.24. The molecule has 3 N–H and O–H groups in total. The molecule has 2 aromatic heterocycles. The van der Waals surface area contributed by atoms with Crippen LogP contribution in [0.3, 0.4) is 0 Å². The number of benzene rings is 1. The molecule has 1 aliphatic heterocycles. The average molecular weight is 536 g/mol. The smallest absolute Gasteiger partial charge is 0.310 e. The number of hydrogen-bond donors (Lipinski definition) is 3. The zero-order valence-electron chi connectivity index (χ0n) is 20.8. The molecule has 0 saturated carbocycles. The maximum absolute atomic E-state index is 15.0. The second-order valence-electron chi connectivity index (χ2n) is 9.79. The summed E-state index contributed by atoms with van der Waals surface area (Å²) in [5, 5.41) is 19.8. The van der Waals surface area contributed by atoms with Crippen LogP contribution in [0.4, 0.5) is 24.8 Å². The molecule has 0 bridgehead atoms. The molecule has 0 radical (unpaired) electrons. The largest absolute Gasteiger partial charge is 0.481 e. The van der Waals surface area contributed by atoms with Gasteiger partial charge in [-0.2, -0.15) is 5.10 Å². The summed E-state index contributed by atoms with van der Waals surface area (Å²) in [6, 6.07) is 7.55. The van der Waals surface area contributed by atoms with Gasteiger partial charge in [0.05, 0.1) is 10.4 Å². The lowest BCUT2D eigenvalue weighted by atomic mass is 9.72. The first-order valence-corrected chi connectivity index (χ1v) is 12.4. The standard InChI is InChI=1S/C26H29ClF3N5O2/c1-14-9-21(34-33-14)32-24-23(30)19(16(3)28)10-18(31-24)12-26(25(36)37)7-8-35(15(2)11-26)13-17-5-4-6-20(27)22(17)29/h4-6,9-10,15-16H,7-8,11-13H2,1-3H3,(H,36,37)(H2,31,32,33,34)/t15-,16?,26-/m1/s1. The van der Waals surface area contributed by atoms with Crippen molar-refractivity contribution in [3.63, 3.8) is 0 Å². The summed E-state index contributed by atoms with van der Waals surface area (Å²) in [6.07, 6.45) is -1.13. The number of likely N-dealkylation sites (tertiary alicyclic amines) is 1. The van der Waals surface area contributed by atoms with Gasteiger partial charge in [-0.3, -0.25) is 14.8 Å². The predicted octanol–water partition coefficient (Wildman–Crippen LogP) is 6.12. The number of carboxylic acid groups (broad SMARTS) is 1. The van der Waals surface area contributed by atoms with Crippen molar-refractivity contribution in [2.75, 3.05) is 11.9 Å². The highest BCUT2D eigenvalue weighted by Crippen LogP contribution is 2.40. The number of H-pyrrole nitrogens is 1. The van der Waals surface area contributed by atoms with Crippen molar-refractivity contribution < 1.29 is 23.1 Å². The Bertz CT molecular complexity index is 1300. The number of nitrogens with one attached hydrogen (secondary N) is 2. The number of piperidine rings is 1. The van der Waals surface area contributed by atoms with Gasteiger partial charge in [-0.05, 0) is 52.3 Å². The third-order valence-corrected chi connectivity index (χ3v) is 7.28. The minimum Gasteiger partial charge on any atom is -0.481 e. The Morgan fingerprint density at radius 1 is 1.35 bits per heavy atom. The van der Waals surface area contributed by atoms with E-state index < -0.39 is 29.2 Å². The summed E-state index contributed by atoms with van der Waals surface area (Å²) in [7, 11) is 0. The van der Waals surface area contributed by atoms with Gasteiger partial charge < -0.3 is 10.4 Å². The Hall–Kier alpha value is -3.11. The zero-order chi connectivity index (χ0) is 26.9. The molecule has 1 aliphatic rings. The zero-order valence-corrected chi connectivity index (χ0v) is 21.5. The second kappa shape index (κ2) is 10.7. The third kappa shape index (κ3) is 5.75. The normalized spacial score (nSPS) is 21.1. The molecule has 1 aromatic carbocycles. The number of pyridine rings is 1. The number of aryl methyl sites for hydroxylation is 1. The lowest BCUT2D eigenvalue weighted by Crippen LogP contribution is -2.49. The molecule has 3 heterocycles. The van der Waals surface area contributed by atoms with Gasteiger partial charge in [-0.15, -0.1) is 0 Å². The molecule has 37 heavy (non-hydrogen) atoms. The number of carboxylic acids is 1. The van der Waals surface area contributed by atoms with E-state index in [2.05, 4.69) is 20.5 Å². The van der Waals surface area contributed by atoms with Crippen LogP contribution in [0.2, 0.25) is 5.02 Å². The van der Waals surface area contributed by atoms with Crippen molar-refractivity contribution in [2.45, 2.75) is 58.8 Å². The highest BCUT2D eigenvalue weighted by Gasteiger charge is 2.45. The van der Waals surface area contributed by atoms with E-state index in [1.54, 1.807) is 25.1 Å². The van der Waals surface area contributed by atoms with Crippen LogP contribution < -0.4 is 5.32 Å². The van der Waals surface area contributed by atoms with Crippen molar-refractivity contribution in [3.8, 4) is 0 Å². The van der Waals surface area contributed by atoms with Gasteiger partial charge in [0.2, 0.25) is 0 Å². The Morgan fingerprint density at radius 2 is 2.11 bits per heavy atom. The number of carbonyl (C=O) groups is 1. The predicted molar refractivity (Wildman–Crippen MR) is 135 cm³/mol. The van der Waals surface area contributed by atoms with Crippen LogP contribution in [0.25, 0.3) is 0 Å². The molecule has 1 fully saturated rings. The highest BCUT2D eigenvalue weighted by molar-refractivity contribution is 6.30. The van der Waals surface area contributed by atoms with Crippen molar-refractivity contribution in [2.24, 2.45) is 5.41 Å². The molecule has 3 atom stereocenters. The number of aromatic amines is 1. The van der Waals surface area contributed by atoms with Crippen molar-refractivity contribution in [1.82, 2.24) is 20.1 Å². The molecule has 3 aromatic rings. The number of nitrogens with zero attached hydrogens (tertiary/aromatic N) is 3. The summed E-state index contributed by atoms with van der Waals surface area (Å²) in [6.45, 7) is 5.56. The molecule has 7 nitrogen and oxygen atoms in total. The Morgan fingerprint density at radius 3 is 2.73 bits per heavy atom. The van der Waals surface area contributed by atoms with E-state index in [0.29, 0.717) is 24.5 Å². The molecule has 198 valence electrons. The molecule has 4 rings (SSSR count). The fourth-order valence-electron chi connectivity index (χ4n) is 4.95. The van der Waals surface area contributed by atoms with Gasteiger partial charge in [-0.25, -0.2) is 18.2 Å². The molecule has 1 unspecified atom stereocenters. The number of anilines is 2. The lowest BCUT2D eigenvalue weighted by molar-refractivity contribution is -0.153. The summed E-state index contributed by atoms with van der Waals surface area (Å²) < 4.78 is 43.8. The number of hydrogen-bond acceptors (Lipinski definition) is 5. The molecule has 0 spiro atoms. The topological polar surface area (TPSA) is 94.1 Å². The van der Waals surface area contributed by atoms with Gasteiger partial charge >= 0.3 is 5.97 Å². The van der Waals surface area contributed by atoms with Crippen LogP contribution in [-0.4, -0.2) is 43.7 Å². The molecule has 1 saturated heterocycles. The third-order valence-electron chi connectivity index (χ3n) is 6.99. The number of alkyl halides is 1. The van der Waals surface area contributed by atoms with E-state index in [1.165, 1.54) is 19.1 Å². The van der Waals surface area contributed by atoms with E-state index in [9.17, 15) is 18.7 Å². The molecule has 0 amide bonds. The van der Waals surface area contributed by atoms with Gasteiger partial charge in [0.15, 0.2) is 17.5 Å². The maximum Gasteiger partial charge on any atom is 0.310 e. The van der Waals surface area contributed by atoms with E-state index in [0.717, 1.165) is 5.69 Å². The Labute approximate surface area is 218 Å². The van der Waals surface area contributed by atoms with Crippen LogP contribution in [-0.2, 0) is 17.8 Å². The van der Waals surface area contributed by atoms with Crippen LogP contribution >= 0.6 is 11.6 Å². The van der Waals surface area contributed by atoms with Gasteiger partial charge in [0, 0.05) is 47.6 Å². The number of rotatable bonds is 8. The number of aromatic nitrogens is 3. The first-order chi connectivity index (χ1) is 17.5. The minimum atomic E-state index is -1.63. The van der Waals surface area contributed by atoms with E-state index >= 15 is 4.39 Å². The van der Waals surface area contributed by atoms with Crippen LogP contribution in [0.5, 0.6) is 0 Å². The highest BCUT2D eigenvalue weighted by atomic mass is 35.5. The van der Waals surface area contributed by atoms with Crippen LogP contribution in [0.15, 0.2) is 30.3 Å². The molecular weight excluding hydrogens is 507 g/mol. The fourth-order valence-corrected chi connectivity index (χ4v) is 5.14.